The first kappa shape index (κ1) is 25.2. The van der Waals surface area contributed by atoms with Crippen molar-refractivity contribution in [3.05, 3.63) is 128 Å². The highest BCUT2D eigenvalue weighted by atomic mass is 79.9. The van der Waals surface area contributed by atoms with Crippen molar-refractivity contribution in [3.8, 4) is 0 Å². The van der Waals surface area contributed by atoms with Crippen molar-refractivity contribution in [1.82, 2.24) is 9.97 Å². The van der Waals surface area contributed by atoms with Crippen molar-refractivity contribution in [2.24, 2.45) is 9.98 Å². The summed E-state index contributed by atoms with van der Waals surface area (Å²) in [5.74, 6) is -1.01. The van der Waals surface area contributed by atoms with Crippen LogP contribution in [0.1, 0.15) is 51.2 Å². The van der Waals surface area contributed by atoms with Gasteiger partial charge in [0, 0.05) is 56.8 Å². The van der Waals surface area contributed by atoms with Gasteiger partial charge in [0.25, 0.3) is 0 Å². The van der Waals surface area contributed by atoms with Gasteiger partial charge in [-0.15, -0.1) is 0 Å². The molecule has 2 aromatic carbocycles. The third-order valence-electron chi connectivity index (χ3n) is 5.67. The van der Waals surface area contributed by atoms with Crippen LogP contribution in [0.2, 0.25) is 0 Å². The predicted molar refractivity (Wildman–Crippen MR) is 140 cm³/mol. The molecule has 0 amide bonds. The Labute approximate surface area is 215 Å². The van der Waals surface area contributed by atoms with Crippen LogP contribution < -0.4 is 0 Å². The first-order valence-electron chi connectivity index (χ1n) is 10.7. The van der Waals surface area contributed by atoms with Gasteiger partial charge in [0.05, 0.1) is 24.5 Å². The second kappa shape index (κ2) is 10.8. The van der Waals surface area contributed by atoms with E-state index in [0.717, 1.165) is 44.4 Å². The van der Waals surface area contributed by atoms with Crippen molar-refractivity contribution >= 4 is 33.6 Å². The molecule has 0 saturated heterocycles. The lowest BCUT2D eigenvalue weighted by Gasteiger charge is -2.04. The molecule has 4 heterocycles. The molecule has 4 aromatic rings. The maximum Gasteiger partial charge on any atom is 0.213 e. The fourth-order valence-corrected chi connectivity index (χ4v) is 4.39. The second-order valence-electron chi connectivity index (χ2n) is 7.90. The van der Waals surface area contributed by atoms with E-state index in [1.165, 1.54) is 30.1 Å². The van der Waals surface area contributed by atoms with Gasteiger partial charge in [-0.2, -0.15) is 8.78 Å². The highest BCUT2D eigenvalue weighted by Crippen LogP contribution is 2.26. The molecule has 0 radical (unpaired) electrons. The number of halogens is 3. The topological polar surface area (TPSA) is 67.6 Å². The summed E-state index contributed by atoms with van der Waals surface area (Å²) in [6.45, 7) is 1.22. The van der Waals surface area contributed by atoms with Crippen LogP contribution in [0, 0.1) is 11.9 Å². The first-order valence-corrected chi connectivity index (χ1v) is 11.5. The summed E-state index contributed by atoms with van der Waals surface area (Å²) in [6, 6.07) is 17.7. The lowest BCUT2D eigenvalue weighted by atomic mass is 9.99. The number of aldehydes is 1. The Balaban J connectivity index is 0.000000165. The number of rotatable bonds is 3. The lowest BCUT2D eigenvalue weighted by molar-refractivity contribution is 0.112. The molecule has 0 aliphatic carbocycles. The van der Waals surface area contributed by atoms with E-state index in [2.05, 4.69) is 35.9 Å². The van der Waals surface area contributed by atoms with E-state index in [9.17, 15) is 13.6 Å². The molecule has 0 fully saturated rings. The van der Waals surface area contributed by atoms with E-state index < -0.39 is 11.9 Å². The normalized spacial score (nSPS) is 12.9. The number of carbonyl (C=O) groups is 1. The van der Waals surface area contributed by atoms with Gasteiger partial charge >= 0.3 is 0 Å². The van der Waals surface area contributed by atoms with Gasteiger partial charge in [-0.1, -0.05) is 41.6 Å². The maximum absolute atomic E-state index is 13.1. The third-order valence-corrected chi connectivity index (χ3v) is 6.16. The van der Waals surface area contributed by atoms with Crippen LogP contribution in [0.5, 0.6) is 0 Å². The van der Waals surface area contributed by atoms with Crippen molar-refractivity contribution in [2.45, 2.75) is 20.5 Å². The van der Waals surface area contributed by atoms with Gasteiger partial charge in [0.15, 0.2) is 0 Å². The second-order valence-corrected chi connectivity index (χ2v) is 8.82. The van der Waals surface area contributed by atoms with Gasteiger partial charge in [-0.05, 0) is 41.5 Å². The van der Waals surface area contributed by atoms with Crippen LogP contribution in [0.3, 0.4) is 0 Å². The summed E-state index contributed by atoms with van der Waals surface area (Å²) in [5.41, 5.74) is 7.78. The largest absolute Gasteiger partial charge is 0.298 e. The summed E-state index contributed by atoms with van der Waals surface area (Å²) in [5, 5.41) is 0. The van der Waals surface area contributed by atoms with Gasteiger partial charge in [0.2, 0.25) is 11.9 Å². The van der Waals surface area contributed by atoms with Gasteiger partial charge in [-0.25, -0.2) is 9.97 Å². The molecule has 8 heteroatoms. The summed E-state index contributed by atoms with van der Waals surface area (Å²) in [4.78, 5) is 26.7. The van der Waals surface area contributed by atoms with Crippen LogP contribution in [0.15, 0.2) is 87.5 Å². The Bertz CT molecular complexity index is 1520. The van der Waals surface area contributed by atoms with E-state index in [4.69, 9.17) is 0 Å². The molecule has 36 heavy (non-hydrogen) atoms. The minimum Gasteiger partial charge on any atom is -0.298 e. The number of pyridine rings is 2. The summed E-state index contributed by atoms with van der Waals surface area (Å²) in [7, 11) is 0. The van der Waals surface area contributed by atoms with Gasteiger partial charge < -0.3 is 0 Å². The van der Waals surface area contributed by atoms with Crippen molar-refractivity contribution < 1.29 is 13.6 Å². The summed E-state index contributed by atoms with van der Waals surface area (Å²) >= 11 is 3.44. The molecule has 0 bridgehead atoms. The Kier molecular flexibility index (Phi) is 7.55. The average Bonchev–Trinajstić information content (AvgIpc) is 3.48. The summed E-state index contributed by atoms with van der Waals surface area (Å²) < 4.78 is 27.2. The quantitative estimate of drug-likeness (QED) is 0.222. The van der Waals surface area contributed by atoms with Crippen LogP contribution in [-0.2, 0) is 13.1 Å². The minimum absolute atomic E-state index is 0. The van der Waals surface area contributed by atoms with Crippen LogP contribution in [-0.4, -0.2) is 27.7 Å². The zero-order valence-corrected chi connectivity index (χ0v) is 19.8. The number of carbonyl (C=O) groups excluding carboxylic acids is 1. The van der Waals surface area contributed by atoms with Crippen molar-refractivity contribution in [3.63, 3.8) is 0 Å². The highest BCUT2D eigenvalue weighted by molar-refractivity contribution is 9.10. The highest BCUT2D eigenvalue weighted by Gasteiger charge is 2.19. The Morgan fingerprint density at radius 1 is 0.722 bits per heavy atom. The molecule has 2 aliphatic rings. The molecule has 6 rings (SSSR count). The van der Waals surface area contributed by atoms with Gasteiger partial charge in [-0.3, -0.25) is 14.8 Å². The Morgan fingerprint density at radius 3 is 1.78 bits per heavy atom. The monoisotopic (exact) mass is 546 g/mol. The maximum atomic E-state index is 13.1. The number of nitrogens with zero attached hydrogens (tertiary/aromatic N) is 4. The van der Waals surface area contributed by atoms with Crippen molar-refractivity contribution in [1.29, 1.82) is 0 Å². The van der Waals surface area contributed by atoms with Crippen LogP contribution in [0.25, 0.3) is 0 Å². The number of hydrogen-bond donors (Lipinski definition) is 0. The predicted octanol–water partition coefficient (Wildman–Crippen LogP) is 6.35. The fourth-order valence-electron chi connectivity index (χ4n) is 4.02. The number of benzene rings is 2. The first-order chi connectivity index (χ1) is 17.0. The molecule has 0 atom stereocenters. The van der Waals surface area contributed by atoms with E-state index >= 15 is 0 Å². The zero-order valence-electron chi connectivity index (χ0n) is 18.3. The smallest absolute Gasteiger partial charge is 0.213 e. The molecule has 2 aliphatic heterocycles. The molecule has 0 spiro atoms. The van der Waals surface area contributed by atoms with Gasteiger partial charge in [0.1, 0.15) is 6.29 Å². The minimum atomic E-state index is -0.532. The lowest BCUT2D eigenvalue weighted by Crippen LogP contribution is -2.02. The fraction of sp³-hybridized carbons (Fsp3) is 0.107. The van der Waals surface area contributed by atoms with Crippen molar-refractivity contribution in [2.75, 3.05) is 0 Å². The Morgan fingerprint density at radius 2 is 1.25 bits per heavy atom. The molecule has 5 nitrogen and oxygen atoms in total. The van der Waals surface area contributed by atoms with Crippen LogP contribution >= 0.6 is 15.9 Å². The van der Waals surface area contributed by atoms with E-state index in [-0.39, 0.29) is 7.43 Å². The molecule has 180 valence electrons. The molecule has 0 saturated carbocycles. The Hall–Kier alpha value is -3.91. The molecule has 2 aromatic heterocycles. The third kappa shape index (κ3) is 5.18. The molecule has 0 N–H and O–H groups in total. The molecular weight excluding hydrogens is 526 g/mol. The van der Waals surface area contributed by atoms with E-state index in [0.29, 0.717) is 24.2 Å². The standard InChI is InChI=1S/C14H9FN2O.C13H8BrFN2.CH4/c15-13-6-10(3-4-16-13)14-12-5-9(8-18)1-2-11(12)7-17-14;14-10-2-1-9-7-17-13(11(9)6-10)8-3-4-16-12(15)5-8;/h1-6,8H,7H2;1-6H,7H2;1H4. The zero-order chi connectivity index (χ0) is 24.4. The molecule has 0 unspecified atom stereocenters. The molecular formula is C28H21BrF2N4O. The van der Waals surface area contributed by atoms with E-state index in [1.807, 2.05) is 24.3 Å². The average molecular weight is 547 g/mol. The number of aliphatic imine (C=N–C) groups is 2. The number of aromatic nitrogens is 2. The van der Waals surface area contributed by atoms with E-state index in [1.54, 1.807) is 24.3 Å². The summed E-state index contributed by atoms with van der Waals surface area (Å²) in [6.07, 6.45) is 3.67. The number of hydrogen-bond acceptors (Lipinski definition) is 5. The number of fused-ring (bicyclic) bond motifs is 2. The van der Waals surface area contributed by atoms with Crippen LogP contribution in [0.4, 0.5) is 8.78 Å². The SMILES string of the molecule is C.Fc1cc(C2=NCc3ccc(Br)cc32)ccn1.O=Cc1ccc2c(c1)C(c1ccnc(F)c1)=NC2.